The molecule has 0 spiro atoms. The Balaban J connectivity index is 2.68. The van der Waals surface area contributed by atoms with Crippen LogP contribution in [-0.4, -0.2) is 13.2 Å². The summed E-state index contributed by atoms with van der Waals surface area (Å²) in [6.07, 6.45) is 0. The molecule has 1 aromatic carbocycles. The van der Waals surface area contributed by atoms with Crippen LogP contribution < -0.4 is 10.1 Å². The second-order valence-electron chi connectivity index (χ2n) is 4.65. The molecule has 0 bridgehead atoms. The molecule has 0 fully saturated rings. The summed E-state index contributed by atoms with van der Waals surface area (Å²) in [6, 6.07) is 5.30. The molecule has 0 aliphatic rings. The van der Waals surface area contributed by atoms with Gasteiger partial charge in [-0.3, -0.25) is 0 Å². The van der Waals surface area contributed by atoms with Crippen LogP contribution in [0.25, 0.3) is 0 Å². The molecule has 0 heterocycles. The number of hydrogen-bond donors (Lipinski definition) is 1. The van der Waals surface area contributed by atoms with Crippen molar-refractivity contribution in [3.8, 4) is 5.75 Å². The van der Waals surface area contributed by atoms with Crippen molar-refractivity contribution in [2.24, 2.45) is 5.92 Å². The van der Waals surface area contributed by atoms with Gasteiger partial charge >= 0.3 is 0 Å². The van der Waals surface area contributed by atoms with Crippen molar-refractivity contribution in [3.63, 3.8) is 0 Å². The minimum Gasteiger partial charge on any atom is -0.491 e. The van der Waals surface area contributed by atoms with E-state index in [1.807, 2.05) is 19.9 Å². The maximum absolute atomic E-state index is 13.6. The van der Waals surface area contributed by atoms with E-state index in [0.717, 1.165) is 12.1 Å². The van der Waals surface area contributed by atoms with Gasteiger partial charge in [0.25, 0.3) is 0 Å². The monoisotopic (exact) mass is 239 g/mol. The molecule has 1 aromatic rings. The number of ether oxygens (including phenoxy) is 1. The zero-order valence-electron chi connectivity index (χ0n) is 11.1. The van der Waals surface area contributed by atoms with Crippen molar-refractivity contribution in [2.75, 3.05) is 13.2 Å². The highest BCUT2D eigenvalue weighted by atomic mass is 19.1. The van der Waals surface area contributed by atoms with E-state index in [4.69, 9.17) is 4.74 Å². The summed E-state index contributed by atoms with van der Waals surface area (Å²) >= 11 is 0. The maximum atomic E-state index is 13.6. The van der Waals surface area contributed by atoms with Gasteiger partial charge in [-0.05, 0) is 44.0 Å². The molecule has 1 N–H and O–H groups in total. The minimum absolute atomic E-state index is 0.155. The van der Waals surface area contributed by atoms with Gasteiger partial charge in [-0.15, -0.1) is 0 Å². The minimum atomic E-state index is -0.289. The van der Waals surface area contributed by atoms with Gasteiger partial charge < -0.3 is 10.1 Å². The maximum Gasteiger partial charge on any atom is 0.165 e. The van der Waals surface area contributed by atoms with Crippen LogP contribution in [0.2, 0.25) is 0 Å². The molecule has 0 saturated carbocycles. The van der Waals surface area contributed by atoms with Gasteiger partial charge in [0.2, 0.25) is 0 Å². The topological polar surface area (TPSA) is 21.3 Å². The van der Waals surface area contributed by atoms with Crippen molar-refractivity contribution in [2.45, 2.75) is 33.7 Å². The van der Waals surface area contributed by atoms with Gasteiger partial charge in [0.05, 0.1) is 6.61 Å². The van der Waals surface area contributed by atoms with E-state index < -0.39 is 0 Å². The summed E-state index contributed by atoms with van der Waals surface area (Å²) in [6.45, 7) is 9.60. The van der Waals surface area contributed by atoms with Gasteiger partial charge in [-0.25, -0.2) is 4.39 Å². The first kappa shape index (κ1) is 14.0. The van der Waals surface area contributed by atoms with Crippen LogP contribution in [0.3, 0.4) is 0 Å². The average molecular weight is 239 g/mol. The van der Waals surface area contributed by atoms with Gasteiger partial charge in [-0.2, -0.15) is 0 Å². The van der Waals surface area contributed by atoms with E-state index in [0.29, 0.717) is 18.3 Å². The lowest BCUT2D eigenvalue weighted by atomic mass is 10.1. The lowest BCUT2D eigenvalue weighted by Crippen LogP contribution is -2.23. The van der Waals surface area contributed by atoms with Crippen LogP contribution in [0.15, 0.2) is 18.2 Å². The first-order valence-electron chi connectivity index (χ1n) is 6.20. The fraction of sp³-hybridized carbons (Fsp3) is 0.571. The van der Waals surface area contributed by atoms with E-state index in [-0.39, 0.29) is 11.9 Å². The zero-order chi connectivity index (χ0) is 12.8. The van der Waals surface area contributed by atoms with Crippen LogP contribution >= 0.6 is 0 Å². The van der Waals surface area contributed by atoms with Crippen molar-refractivity contribution in [1.82, 2.24) is 5.32 Å². The summed E-state index contributed by atoms with van der Waals surface area (Å²) in [7, 11) is 0. The van der Waals surface area contributed by atoms with Crippen LogP contribution in [0.1, 0.15) is 39.3 Å². The summed E-state index contributed by atoms with van der Waals surface area (Å²) in [4.78, 5) is 0. The normalized spacial score (nSPS) is 12.8. The van der Waals surface area contributed by atoms with Crippen molar-refractivity contribution < 1.29 is 9.13 Å². The molecule has 0 radical (unpaired) electrons. The molecular weight excluding hydrogens is 217 g/mol. The highest BCUT2D eigenvalue weighted by Crippen LogP contribution is 2.22. The molecular formula is C14H22FNO. The molecule has 17 heavy (non-hydrogen) atoms. The second kappa shape index (κ2) is 6.60. The lowest BCUT2D eigenvalue weighted by molar-refractivity contribution is 0.321. The van der Waals surface area contributed by atoms with E-state index >= 15 is 0 Å². The molecule has 0 amide bonds. The van der Waals surface area contributed by atoms with Gasteiger partial charge in [0.1, 0.15) is 0 Å². The number of halogens is 1. The molecule has 1 atom stereocenters. The van der Waals surface area contributed by atoms with Crippen LogP contribution in [0.4, 0.5) is 4.39 Å². The highest BCUT2D eigenvalue weighted by molar-refractivity contribution is 5.30. The van der Waals surface area contributed by atoms with E-state index in [1.54, 1.807) is 12.1 Å². The standard InChI is InChI=1S/C14H22FNO/c1-5-17-14-7-6-12(8-13(14)15)11(4)16-9-10(2)3/h6-8,10-11,16H,5,9H2,1-4H3/t11-/m0/s1. The average Bonchev–Trinajstić information content (AvgIpc) is 2.28. The summed E-state index contributed by atoms with van der Waals surface area (Å²) < 4.78 is 18.8. The predicted molar refractivity (Wildman–Crippen MR) is 68.8 cm³/mol. The van der Waals surface area contributed by atoms with Crippen LogP contribution in [0, 0.1) is 11.7 Å². The summed E-state index contributed by atoms with van der Waals surface area (Å²) in [5.74, 6) is 0.625. The van der Waals surface area contributed by atoms with Gasteiger partial charge in [0, 0.05) is 6.04 Å². The zero-order valence-corrected chi connectivity index (χ0v) is 11.1. The van der Waals surface area contributed by atoms with Crippen molar-refractivity contribution in [3.05, 3.63) is 29.6 Å². The van der Waals surface area contributed by atoms with Crippen molar-refractivity contribution in [1.29, 1.82) is 0 Å². The largest absolute Gasteiger partial charge is 0.491 e. The van der Waals surface area contributed by atoms with Crippen LogP contribution in [-0.2, 0) is 0 Å². The Hall–Kier alpha value is -1.09. The molecule has 0 aliphatic heterocycles. The first-order valence-corrected chi connectivity index (χ1v) is 6.20. The molecule has 2 nitrogen and oxygen atoms in total. The third-order valence-electron chi connectivity index (χ3n) is 2.59. The Kier molecular flexibility index (Phi) is 5.42. The number of hydrogen-bond acceptors (Lipinski definition) is 2. The lowest BCUT2D eigenvalue weighted by Gasteiger charge is -2.16. The van der Waals surface area contributed by atoms with Crippen molar-refractivity contribution >= 4 is 0 Å². The number of nitrogens with one attached hydrogen (secondary N) is 1. The molecule has 0 aromatic heterocycles. The van der Waals surface area contributed by atoms with Crippen LogP contribution in [0.5, 0.6) is 5.75 Å². The molecule has 0 saturated heterocycles. The quantitative estimate of drug-likeness (QED) is 0.820. The second-order valence-corrected chi connectivity index (χ2v) is 4.65. The number of rotatable bonds is 6. The Labute approximate surface area is 103 Å². The highest BCUT2D eigenvalue weighted by Gasteiger charge is 2.09. The summed E-state index contributed by atoms with van der Waals surface area (Å²) in [5, 5.41) is 3.37. The van der Waals surface area contributed by atoms with E-state index in [9.17, 15) is 4.39 Å². The fourth-order valence-electron chi connectivity index (χ4n) is 1.59. The molecule has 1 rings (SSSR count). The number of benzene rings is 1. The van der Waals surface area contributed by atoms with E-state index in [2.05, 4.69) is 19.2 Å². The first-order chi connectivity index (χ1) is 8.04. The molecule has 96 valence electrons. The molecule has 3 heteroatoms. The third-order valence-corrected chi connectivity index (χ3v) is 2.59. The Morgan fingerprint density at radius 3 is 2.53 bits per heavy atom. The smallest absolute Gasteiger partial charge is 0.165 e. The summed E-state index contributed by atoms with van der Waals surface area (Å²) in [5.41, 5.74) is 0.951. The Bertz CT molecular complexity index is 352. The fourth-order valence-corrected chi connectivity index (χ4v) is 1.59. The molecule has 0 unspecified atom stereocenters. The van der Waals surface area contributed by atoms with Gasteiger partial charge in [-0.1, -0.05) is 19.9 Å². The predicted octanol–water partition coefficient (Wildman–Crippen LogP) is 3.53. The Morgan fingerprint density at radius 2 is 2.00 bits per heavy atom. The Morgan fingerprint density at radius 1 is 1.29 bits per heavy atom. The van der Waals surface area contributed by atoms with Gasteiger partial charge in [0.15, 0.2) is 11.6 Å². The van der Waals surface area contributed by atoms with E-state index in [1.165, 1.54) is 0 Å². The SMILES string of the molecule is CCOc1ccc([C@H](C)NCC(C)C)cc1F. The molecule has 0 aliphatic carbocycles. The third kappa shape index (κ3) is 4.35.